The third kappa shape index (κ3) is 5.27. The number of rotatable bonds is 7. The molecule has 3 aromatic carbocycles. The lowest BCUT2D eigenvalue weighted by molar-refractivity contribution is -0.384. The zero-order chi connectivity index (χ0) is 19.2. The Kier molecular flexibility index (Phi) is 6.03. The average Bonchev–Trinajstić information content (AvgIpc) is 2.67. The quantitative estimate of drug-likeness (QED) is 0.386. The molecule has 0 spiro atoms. The molecule has 7 heteroatoms. The summed E-state index contributed by atoms with van der Waals surface area (Å²) in [4.78, 5) is 10.3. The van der Waals surface area contributed by atoms with Crippen LogP contribution in [-0.4, -0.2) is 4.92 Å². The Morgan fingerprint density at radius 3 is 2.41 bits per heavy atom. The molecule has 138 valence electrons. The molecule has 0 aliphatic rings. The lowest BCUT2D eigenvalue weighted by Gasteiger charge is -2.14. The highest BCUT2D eigenvalue weighted by Gasteiger charge is 2.07. The molecule has 0 fully saturated rings. The number of hydrogen-bond acceptors (Lipinski definition) is 4. The minimum absolute atomic E-state index is 0.0475. The molecule has 0 amide bonds. The van der Waals surface area contributed by atoms with Gasteiger partial charge in [-0.2, -0.15) is 0 Å². The fourth-order valence-corrected chi connectivity index (χ4v) is 2.88. The van der Waals surface area contributed by atoms with Crippen LogP contribution in [0.25, 0.3) is 0 Å². The van der Waals surface area contributed by atoms with Crippen LogP contribution in [0.2, 0.25) is 0 Å². The van der Waals surface area contributed by atoms with Gasteiger partial charge in [0.15, 0.2) is 0 Å². The maximum Gasteiger partial charge on any atom is 0.269 e. The Balaban J connectivity index is 1.68. The minimum Gasteiger partial charge on any atom is -0.489 e. The summed E-state index contributed by atoms with van der Waals surface area (Å²) in [6, 6.07) is 18.1. The van der Waals surface area contributed by atoms with Gasteiger partial charge in [0, 0.05) is 34.4 Å². The lowest BCUT2D eigenvalue weighted by Crippen LogP contribution is -2.04. The van der Waals surface area contributed by atoms with E-state index in [1.807, 2.05) is 18.2 Å². The number of benzene rings is 3. The summed E-state index contributed by atoms with van der Waals surface area (Å²) < 4.78 is 19.8. The van der Waals surface area contributed by atoms with Crippen molar-refractivity contribution in [2.45, 2.75) is 13.2 Å². The van der Waals surface area contributed by atoms with Gasteiger partial charge in [-0.3, -0.25) is 10.1 Å². The van der Waals surface area contributed by atoms with Gasteiger partial charge >= 0.3 is 0 Å². The fourth-order valence-electron chi connectivity index (χ4n) is 2.47. The molecule has 0 aromatic heterocycles. The fraction of sp³-hybridized carbons (Fsp3) is 0.100. The second kappa shape index (κ2) is 8.64. The summed E-state index contributed by atoms with van der Waals surface area (Å²) >= 11 is 3.45. The van der Waals surface area contributed by atoms with Crippen LogP contribution in [0.4, 0.5) is 15.8 Å². The van der Waals surface area contributed by atoms with Gasteiger partial charge in [0.1, 0.15) is 18.2 Å². The van der Waals surface area contributed by atoms with Crippen molar-refractivity contribution >= 4 is 27.3 Å². The molecule has 5 nitrogen and oxygen atoms in total. The summed E-state index contributed by atoms with van der Waals surface area (Å²) in [7, 11) is 0. The van der Waals surface area contributed by atoms with Crippen molar-refractivity contribution in [2.24, 2.45) is 0 Å². The molecule has 0 radical (unpaired) electrons. The number of halogens is 2. The molecule has 0 unspecified atom stereocenters. The SMILES string of the molecule is O=[N+]([O-])c1ccc(NCc2cc(Br)ccc2OCc2ccc(F)cc2)cc1. The van der Waals surface area contributed by atoms with Crippen molar-refractivity contribution in [2.75, 3.05) is 5.32 Å². The number of non-ortho nitro benzene ring substituents is 1. The van der Waals surface area contributed by atoms with Crippen LogP contribution in [0.15, 0.2) is 71.2 Å². The van der Waals surface area contributed by atoms with Crippen LogP contribution < -0.4 is 10.1 Å². The Labute approximate surface area is 164 Å². The molecule has 0 heterocycles. The molecular weight excluding hydrogens is 415 g/mol. The van der Waals surface area contributed by atoms with E-state index in [0.717, 1.165) is 21.3 Å². The van der Waals surface area contributed by atoms with Crippen LogP contribution in [0.3, 0.4) is 0 Å². The predicted molar refractivity (Wildman–Crippen MR) is 105 cm³/mol. The summed E-state index contributed by atoms with van der Waals surface area (Å²) in [6.45, 7) is 0.808. The van der Waals surface area contributed by atoms with E-state index in [1.54, 1.807) is 24.3 Å². The van der Waals surface area contributed by atoms with Crippen molar-refractivity contribution in [3.63, 3.8) is 0 Å². The number of anilines is 1. The molecule has 3 aromatic rings. The molecule has 0 saturated heterocycles. The Morgan fingerprint density at radius 2 is 1.74 bits per heavy atom. The van der Waals surface area contributed by atoms with Gasteiger partial charge in [0.05, 0.1) is 4.92 Å². The van der Waals surface area contributed by atoms with Crippen LogP contribution in [0, 0.1) is 15.9 Å². The van der Waals surface area contributed by atoms with E-state index < -0.39 is 4.92 Å². The van der Waals surface area contributed by atoms with Crippen molar-refractivity contribution in [3.8, 4) is 5.75 Å². The van der Waals surface area contributed by atoms with Crippen LogP contribution >= 0.6 is 15.9 Å². The number of nitro groups is 1. The highest BCUT2D eigenvalue weighted by atomic mass is 79.9. The second-order valence-electron chi connectivity index (χ2n) is 5.82. The molecule has 3 rings (SSSR count). The molecule has 0 aliphatic carbocycles. The topological polar surface area (TPSA) is 64.4 Å². The average molecular weight is 431 g/mol. The molecule has 0 saturated carbocycles. The Hall–Kier alpha value is -2.93. The van der Waals surface area contributed by atoms with Crippen LogP contribution in [-0.2, 0) is 13.2 Å². The van der Waals surface area contributed by atoms with Crippen molar-refractivity contribution in [3.05, 3.63) is 98.3 Å². The third-order valence-electron chi connectivity index (χ3n) is 3.89. The van der Waals surface area contributed by atoms with Crippen molar-refractivity contribution in [1.82, 2.24) is 0 Å². The van der Waals surface area contributed by atoms with E-state index in [4.69, 9.17) is 4.74 Å². The third-order valence-corrected chi connectivity index (χ3v) is 4.38. The number of hydrogen-bond donors (Lipinski definition) is 1. The number of ether oxygens (including phenoxy) is 1. The summed E-state index contributed by atoms with van der Waals surface area (Å²) in [5.41, 5.74) is 2.61. The monoisotopic (exact) mass is 430 g/mol. The first-order valence-electron chi connectivity index (χ1n) is 8.15. The molecule has 1 N–H and O–H groups in total. The maximum absolute atomic E-state index is 13.0. The second-order valence-corrected chi connectivity index (χ2v) is 6.74. The minimum atomic E-state index is -0.431. The van der Waals surface area contributed by atoms with Crippen LogP contribution in [0.5, 0.6) is 5.75 Å². The summed E-state index contributed by atoms with van der Waals surface area (Å²) in [5.74, 6) is 0.423. The van der Waals surface area contributed by atoms with E-state index in [2.05, 4.69) is 21.2 Å². The maximum atomic E-state index is 13.0. The first kappa shape index (κ1) is 18.8. The van der Waals surface area contributed by atoms with Gasteiger partial charge in [-0.1, -0.05) is 28.1 Å². The highest BCUT2D eigenvalue weighted by molar-refractivity contribution is 9.10. The standard InChI is InChI=1S/C20H16BrFN2O3/c21-16-3-10-20(27-13-14-1-4-17(22)5-2-14)15(11-16)12-23-18-6-8-19(9-7-18)24(25)26/h1-11,23H,12-13H2. The van der Waals surface area contributed by atoms with E-state index in [-0.39, 0.29) is 11.5 Å². The molecular formula is C20H16BrFN2O3. The molecule has 27 heavy (non-hydrogen) atoms. The van der Waals surface area contributed by atoms with E-state index in [9.17, 15) is 14.5 Å². The lowest BCUT2D eigenvalue weighted by atomic mass is 10.2. The Bertz CT molecular complexity index is 931. The smallest absolute Gasteiger partial charge is 0.269 e. The number of nitrogens with zero attached hydrogens (tertiary/aromatic N) is 1. The van der Waals surface area contributed by atoms with E-state index >= 15 is 0 Å². The number of nitro benzene ring substituents is 1. The summed E-state index contributed by atoms with van der Waals surface area (Å²) in [6.07, 6.45) is 0. The van der Waals surface area contributed by atoms with Crippen molar-refractivity contribution < 1.29 is 14.1 Å². The zero-order valence-corrected chi connectivity index (χ0v) is 15.8. The highest BCUT2D eigenvalue weighted by Crippen LogP contribution is 2.26. The molecule has 0 atom stereocenters. The normalized spacial score (nSPS) is 10.4. The summed E-state index contributed by atoms with van der Waals surface area (Å²) in [5, 5.41) is 14.0. The first-order valence-corrected chi connectivity index (χ1v) is 8.94. The molecule has 0 aliphatic heterocycles. The van der Waals surface area contributed by atoms with Gasteiger partial charge < -0.3 is 10.1 Å². The van der Waals surface area contributed by atoms with E-state index in [1.165, 1.54) is 24.3 Å². The Morgan fingerprint density at radius 1 is 1.04 bits per heavy atom. The first-order chi connectivity index (χ1) is 13.0. The number of nitrogens with one attached hydrogen (secondary N) is 1. The zero-order valence-electron chi connectivity index (χ0n) is 14.2. The van der Waals surface area contributed by atoms with E-state index in [0.29, 0.717) is 18.9 Å². The van der Waals surface area contributed by atoms with Gasteiger partial charge in [-0.25, -0.2) is 4.39 Å². The predicted octanol–water partition coefficient (Wildman–Crippen LogP) is 5.69. The van der Waals surface area contributed by atoms with Crippen molar-refractivity contribution in [1.29, 1.82) is 0 Å². The van der Waals surface area contributed by atoms with Gasteiger partial charge in [0.25, 0.3) is 5.69 Å². The largest absolute Gasteiger partial charge is 0.489 e. The van der Waals surface area contributed by atoms with Gasteiger partial charge in [0.2, 0.25) is 0 Å². The van der Waals surface area contributed by atoms with Gasteiger partial charge in [-0.05, 0) is 48.0 Å². The van der Waals surface area contributed by atoms with Gasteiger partial charge in [-0.15, -0.1) is 0 Å². The molecule has 0 bridgehead atoms. The van der Waals surface area contributed by atoms with Crippen LogP contribution in [0.1, 0.15) is 11.1 Å².